The van der Waals surface area contributed by atoms with Crippen molar-refractivity contribution < 1.29 is 9.59 Å². The summed E-state index contributed by atoms with van der Waals surface area (Å²) in [5, 5.41) is 6.06. The van der Waals surface area contributed by atoms with Gasteiger partial charge in [-0.2, -0.15) is 0 Å². The lowest BCUT2D eigenvalue weighted by Crippen LogP contribution is -2.49. The van der Waals surface area contributed by atoms with E-state index in [1.807, 2.05) is 0 Å². The minimum atomic E-state index is -0.420. The molecular weight excluding hydrogens is 336 g/mol. The van der Waals surface area contributed by atoms with Crippen LogP contribution < -0.4 is 10.6 Å². The van der Waals surface area contributed by atoms with E-state index in [4.69, 9.17) is 0 Å². The summed E-state index contributed by atoms with van der Waals surface area (Å²) in [6.45, 7) is 2.09. The van der Waals surface area contributed by atoms with E-state index in [0.29, 0.717) is 5.92 Å². The second-order valence-electron chi connectivity index (χ2n) is 9.53. The highest BCUT2D eigenvalue weighted by Gasteiger charge is 2.42. The van der Waals surface area contributed by atoms with Crippen LogP contribution in [0, 0.1) is 17.8 Å². The molecule has 0 heterocycles. The first-order chi connectivity index (χ1) is 13.1. The highest BCUT2D eigenvalue weighted by Crippen LogP contribution is 2.49. The fraction of sp³-hybridized carbons (Fsp3) is 0.913. The summed E-state index contributed by atoms with van der Waals surface area (Å²) in [5.41, 5.74) is 0. The predicted octanol–water partition coefficient (Wildman–Crippen LogP) is 4.72. The Kier molecular flexibility index (Phi) is 8.02. The maximum Gasteiger partial charge on any atom is 0.309 e. The molecule has 2 N–H and O–H groups in total. The van der Waals surface area contributed by atoms with Gasteiger partial charge in [0.25, 0.3) is 0 Å². The lowest BCUT2D eigenvalue weighted by Gasteiger charge is -2.28. The third-order valence-corrected chi connectivity index (χ3v) is 7.44. The Morgan fingerprint density at radius 1 is 0.741 bits per heavy atom. The molecule has 4 unspecified atom stereocenters. The highest BCUT2D eigenvalue weighted by atomic mass is 16.2. The molecule has 154 valence electrons. The Hall–Kier alpha value is -1.06. The van der Waals surface area contributed by atoms with Gasteiger partial charge in [-0.1, -0.05) is 64.2 Å². The van der Waals surface area contributed by atoms with Crippen molar-refractivity contribution in [3.63, 3.8) is 0 Å². The monoisotopic (exact) mass is 376 g/mol. The Morgan fingerprint density at radius 2 is 1.33 bits per heavy atom. The first-order valence-electron chi connectivity index (χ1n) is 11.7. The Bertz CT molecular complexity index is 481. The van der Waals surface area contributed by atoms with Crippen LogP contribution in [0.3, 0.4) is 0 Å². The summed E-state index contributed by atoms with van der Waals surface area (Å²) in [7, 11) is 0. The van der Waals surface area contributed by atoms with Crippen LogP contribution in [0.15, 0.2) is 0 Å². The summed E-state index contributed by atoms with van der Waals surface area (Å²) in [6.07, 6.45) is 18.8. The second-order valence-corrected chi connectivity index (χ2v) is 9.53. The van der Waals surface area contributed by atoms with Gasteiger partial charge in [-0.15, -0.1) is 0 Å². The standard InChI is InChI=1S/C23H40N2O2/c1-17(21-16-18-13-14-19(21)15-18)24-22(26)23(27)25-20-11-9-7-5-3-2-4-6-8-10-12-20/h17-21H,2-16H2,1H3,(H,24,26)(H,25,27). The summed E-state index contributed by atoms with van der Waals surface area (Å²) < 4.78 is 0. The Labute approximate surface area is 165 Å². The number of amides is 2. The Morgan fingerprint density at radius 3 is 1.85 bits per heavy atom. The van der Waals surface area contributed by atoms with Gasteiger partial charge in [-0.05, 0) is 56.8 Å². The first-order valence-corrected chi connectivity index (χ1v) is 11.7. The zero-order valence-electron chi connectivity index (χ0n) is 17.3. The lowest BCUT2D eigenvalue weighted by atomic mass is 9.84. The highest BCUT2D eigenvalue weighted by molar-refractivity contribution is 6.35. The topological polar surface area (TPSA) is 58.2 Å². The molecule has 3 aliphatic rings. The number of nitrogens with one attached hydrogen (secondary N) is 2. The quantitative estimate of drug-likeness (QED) is 0.700. The average Bonchev–Trinajstić information content (AvgIpc) is 3.27. The third kappa shape index (κ3) is 6.22. The maximum atomic E-state index is 12.5. The largest absolute Gasteiger partial charge is 0.345 e. The number of hydrogen-bond donors (Lipinski definition) is 2. The second kappa shape index (κ2) is 10.5. The zero-order chi connectivity index (χ0) is 19.1. The van der Waals surface area contributed by atoms with Crippen LogP contribution in [-0.2, 0) is 9.59 Å². The average molecular weight is 377 g/mol. The fourth-order valence-electron chi connectivity index (χ4n) is 5.84. The SMILES string of the molecule is CC(NC(=O)C(=O)NC1CCCCCCCCCCC1)C1CC2CCC1C2. The Balaban J connectivity index is 1.43. The molecule has 3 saturated carbocycles. The molecule has 0 aromatic carbocycles. The van der Waals surface area contributed by atoms with Gasteiger partial charge in [0, 0.05) is 12.1 Å². The zero-order valence-corrected chi connectivity index (χ0v) is 17.3. The summed E-state index contributed by atoms with van der Waals surface area (Å²) >= 11 is 0. The van der Waals surface area contributed by atoms with Gasteiger partial charge >= 0.3 is 11.8 Å². The molecule has 3 rings (SSSR count). The van der Waals surface area contributed by atoms with E-state index in [-0.39, 0.29) is 12.1 Å². The molecule has 27 heavy (non-hydrogen) atoms. The van der Waals surface area contributed by atoms with Crippen molar-refractivity contribution in [2.24, 2.45) is 17.8 Å². The molecule has 0 aliphatic heterocycles. The van der Waals surface area contributed by atoms with E-state index >= 15 is 0 Å². The number of rotatable bonds is 3. The molecule has 2 bridgehead atoms. The molecule has 3 aliphatic carbocycles. The van der Waals surface area contributed by atoms with Gasteiger partial charge in [-0.3, -0.25) is 9.59 Å². The molecule has 0 aromatic rings. The molecule has 4 atom stereocenters. The number of carbonyl (C=O) groups is 2. The van der Waals surface area contributed by atoms with E-state index in [1.165, 1.54) is 70.6 Å². The molecule has 0 saturated heterocycles. The number of carbonyl (C=O) groups excluding carboxylic acids is 2. The number of hydrogen-bond acceptors (Lipinski definition) is 2. The van der Waals surface area contributed by atoms with Gasteiger partial charge in [0.15, 0.2) is 0 Å². The van der Waals surface area contributed by atoms with Crippen molar-refractivity contribution in [2.45, 2.75) is 115 Å². The van der Waals surface area contributed by atoms with Crippen molar-refractivity contribution in [1.82, 2.24) is 10.6 Å². The van der Waals surface area contributed by atoms with E-state index in [2.05, 4.69) is 17.6 Å². The smallest absolute Gasteiger partial charge is 0.309 e. The molecule has 4 heteroatoms. The molecule has 3 fully saturated rings. The van der Waals surface area contributed by atoms with E-state index in [9.17, 15) is 9.59 Å². The van der Waals surface area contributed by atoms with Gasteiger partial charge in [0.1, 0.15) is 0 Å². The van der Waals surface area contributed by atoms with Gasteiger partial charge in [-0.25, -0.2) is 0 Å². The van der Waals surface area contributed by atoms with Crippen LogP contribution in [0.25, 0.3) is 0 Å². The van der Waals surface area contributed by atoms with Crippen LogP contribution >= 0.6 is 0 Å². The fourth-order valence-corrected chi connectivity index (χ4v) is 5.84. The van der Waals surface area contributed by atoms with Crippen LogP contribution in [0.2, 0.25) is 0 Å². The van der Waals surface area contributed by atoms with Crippen molar-refractivity contribution >= 4 is 11.8 Å². The van der Waals surface area contributed by atoms with E-state index in [1.54, 1.807) is 0 Å². The van der Waals surface area contributed by atoms with Crippen LogP contribution in [-0.4, -0.2) is 23.9 Å². The van der Waals surface area contributed by atoms with Crippen molar-refractivity contribution in [3.05, 3.63) is 0 Å². The van der Waals surface area contributed by atoms with Crippen molar-refractivity contribution in [3.8, 4) is 0 Å². The lowest BCUT2D eigenvalue weighted by molar-refractivity contribution is -0.140. The first kappa shape index (κ1) is 20.7. The molecule has 4 nitrogen and oxygen atoms in total. The minimum Gasteiger partial charge on any atom is -0.345 e. The normalized spacial score (nSPS) is 31.5. The van der Waals surface area contributed by atoms with Crippen molar-refractivity contribution in [2.75, 3.05) is 0 Å². The molecule has 2 amide bonds. The van der Waals surface area contributed by atoms with Crippen LogP contribution in [0.4, 0.5) is 0 Å². The predicted molar refractivity (Wildman–Crippen MR) is 109 cm³/mol. The van der Waals surface area contributed by atoms with Gasteiger partial charge in [0.2, 0.25) is 0 Å². The molecule has 0 radical (unpaired) electrons. The maximum absolute atomic E-state index is 12.5. The van der Waals surface area contributed by atoms with Gasteiger partial charge in [0.05, 0.1) is 0 Å². The minimum absolute atomic E-state index is 0.120. The summed E-state index contributed by atoms with van der Waals surface area (Å²) in [5.74, 6) is 1.37. The van der Waals surface area contributed by atoms with Gasteiger partial charge < -0.3 is 10.6 Å². The van der Waals surface area contributed by atoms with Crippen LogP contribution in [0.5, 0.6) is 0 Å². The molecule has 0 aromatic heterocycles. The van der Waals surface area contributed by atoms with Crippen LogP contribution in [0.1, 0.15) is 103 Å². The summed E-state index contributed by atoms with van der Waals surface area (Å²) in [4.78, 5) is 24.9. The van der Waals surface area contributed by atoms with Crippen molar-refractivity contribution in [1.29, 1.82) is 0 Å². The van der Waals surface area contributed by atoms with E-state index < -0.39 is 11.8 Å². The third-order valence-electron chi connectivity index (χ3n) is 7.44. The van der Waals surface area contributed by atoms with E-state index in [0.717, 1.165) is 37.5 Å². The molecular formula is C23H40N2O2. The molecule has 0 spiro atoms. The summed E-state index contributed by atoms with van der Waals surface area (Å²) in [6, 6.07) is 0.287. The number of fused-ring (bicyclic) bond motifs is 2.